The molecule has 0 aromatic rings. The fourth-order valence-corrected chi connectivity index (χ4v) is 0.913. The monoisotopic (exact) mass is 276 g/mol. The van der Waals surface area contributed by atoms with Crippen LogP contribution in [0.15, 0.2) is 61.1 Å². The molecule has 96 valence electrons. The third kappa shape index (κ3) is 11.2. The van der Waals surface area contributed by atoms with Crippen LogP contribution in [0, 0.1) is 0 Å². The molecule has 0 aliphatic rings. The minimum absolute atomic E-state index is 0. The summed E-state index contributed by atoms with van der Waals surface area (Å²) in [5, 5.41) is 9.86. The van der Waals surface area contributed by atoms with Crippen molar-refractivity contribution in [2.45, 2.75) is 20.8 Å². The van der Waals surface area contributed by atoms with E-state index in [2.05, 4.69) is 24.6 Å². The molecule has 0 aliphatic heterocycles. The molecular formula is C14H21KO3. The summed E-state index contributed by atoms with van der Waals surface area (Å²) in [6.07, 6.45) is 6.74. The van der Waals surface area contributed by atoms with Crippen LogP contribution in [0.3, 0.4) is 0 Å². The summed E-state index contributed by atoms with van der Waals surface area (Å²) >= 11 is 0. The SMILES string of the molecule is C=C/C=C(C=C)\C(=C/C)OC(=C)CO[O-].CC.[K+]. The van der Waals surface area contributed by atoms with Crippen molar-refractivity contribution in [3.05, 3.63) is 61.1 Å². The summed E-state index contributed by atoms with van der Waals surface area (Å²) in [7, 11) is 0. The molecule has 0 amide bonds. The van der Waals surface area contributed by atoms with E-state index in [0.717, 1.165) is 5.57 Å². The number of hydrogen-bond acceptors (Lipinski definition) is 3. The van der Waals surface area contributed by atoms with Gasteiger partial charge in [-0.05, 0) is 13.0 Å². The number of rotatable bonds is 7. The molecule has 0 spiro atoms. The van der Waals surface area contributed by atoms with Crippen molar-refractivity contribution in [1.82, 2.24) is 0 Å². The van der Waals surface area contributed by atoms with Crippen LogP contribution >= 0.6 is 0 Å². The Morgan fingerprint density at radius 3 is 2.17 bits per heavy atom. The molecule has 18 heavy (non-hydrogen) atoms. The van der Waals surface area contributed by atoms with E-state index in [-0.39, 0.29) is 63.8 Å². The molecule has 0 rings (SSSR count). The van der Waals surface area contributed by atoms with Gasteiger partial charge in [0.25, 0.3) is 0 Å². The second-order valence-electron chi connectivity index (χ2n) is 2.62. The molecule has 0 aromatic heterocycles. The molecule has 4 heteroatoms. The molecule has 0 N–H and O–H groups in total. The largest absolute Gasteiger partial charge is 1.00 e. The maximum atomic E-state index is 9.86. The molecule has 0 heterocycles. The zero-order valence-corrected chi connectivity index (χ0v) is 15.0. The third-order valence-corrected chi connectivity index (χ3v) is 1.54. The molecular weight excluding hydrogens is 255 g/mol. The maximum absolute atomic E-state index is 9.86. The zero-order chi connectivity index (χ0) is 13.7. The maximum Gasteiger partial charge on any atom is 1.00 e. The van der Waals surface area contributed by atoms with Gasteiger partial charge >= 0.3 is 51.4 Å². The molecule has 0 atom stereocenters. The Labute approximate surface area is 153 Å². The minimum Gasteiger partial charge on any atom is -0.723 e. The number of allylic oxidation sites excluding steroid dienone is 4. The van der Waals surface area contributed by atoms with Gasteiger partial charge in [0, 0.05) is 5.57 Å². The Hall–Kier alpha value is 0.0564. The summed E-state index contributed by atoms with van der Waals surface area (Å²) in [6.45, 7) is 16.4. The van der Waals surface area contributed by atoms with Crippen LogP contribution in [0.4, 0.5) is 0 Å². The fourth-order valence-electron chi connectivity index (χ4n) is 0.913. The Bertz CT molecular complexity index is 304. The molecule has 0 bridgehead atoms. The van der Waals surface area contributed by atoms with Gasteiger partial charge in [-0.1, -0.05) is 51.8 Å². The molecule has 0 radical (unpaired) electrons. The van der Waals surface area contributed by atoms with Crippen molar-refractivity contribution in [2.24, 2.45) is 0 Å². The topological polar surface area (TPSA) is 41.5 Å². The Balaban J connectivity index is -0.000000709. The zero-order valence-electron chi connectivity index (χ0n) is 11.9. The summed E-state index contributed by atoms with van der Waals surface area (Å²) in [5.41, 5.74) is 0.763. The molecule has 0 fully saturated rings. The smallest absolute Gasteiger partial charge is 0.723 e. The minimum atomic E-state index is -0.185. The summed E-state index contributed by atoms with van der Waals surface area (Å²) < 4.78 is 5.30. The van der Waals surface area contributed by atoms with Gasteiger partial charge in [-0.25, -0.2) is 0 Å². The van der Waals surface area contributed by atoms with E-state index >= 15 is 0 Å². The van der Waals surface area contributed by atoms with Gasteiger partial charge in [-0.15, -0.1) is 0 Å². The van der Waals surface area contributed by atoms with Gasteiger partial charge in [0.05, 0.1) is 6.61 Å². The van der Waals surface area contributed by atoms with Gasteiger partial charge in [0.2, 0.25) is 0 Å². The molecule has 0 aliphatic carbocycles. The van der Waals surface area contributed by atoms with Crippen molar-refractivity contribution >= 4 is 0 Å². The molecule has 3 nitrogen and oxygen atoms in total. The van der Waals surface area contributed by atoms with E-state index < -0.39 is 0 Å². The first-order chi connectivity index (χ1) is 8.19. The van der Waals surface area contributed by atoms with Crippen molar-refractivity contribution in [1.29, 1.82) is 0 Å². The van der Waals surface area contributed by atoms with Gasteiger partial charge < -0.3 is 14.9 Å². The van der Waals surface area contributed by atoms with Crippen molar-refractivity contribution in [3.8, 4) is 0 Å². The summed E-state index contributed by atoms with van der Waals surface area (Å²) in [6, 6.07) is 0. The molecule has 0 saturated carbocycles. The van der Waals surface area contributed by atoms with Crippen LogP contribution in [0.5, 0.6) is 0 Å². The Kier molecular flexibility index (Phi) is 22.0. The first kappa shape index (κ1) is 23.2. The van der Waals surface area contributed by atoms with Crippen LogP contribution < -0.4 is 56.6 Å². The fraction of sp³-hybridized carbons (Fsp3) is 0.286. The van der Waals surface area contributed by atoms with Crippen LogP contribution in [0.25, 0.3) is 0 Å². The van der Waals surface area contributed by atoms with E-state index in [9.17, 15) is 5.26 Å². The number of hydrogen-bond donors (Lipinski definition) is 0. The normalized spacial score (nSPS) is 10.4. The standard InChI is InChI=1S/C12H16O3.C2H6.K/c1-5-8-11(6-2)12(7-3)15-10(4)9-14-13;1-2;/h5-8,13H,1-2,4,9H2,3H3;1-2H3;/q;;+1/p-1/b11-8-,12-7+;;. The van der Waals surface area contributed by atoms with E-state index in [1.807, 2.05) is 13.8 Å². The van der Waals surface area contributed by atoms with E-state index in [1.165, 1.54) is 0 Å². The summed E-state index contributed by atoms with van der Waals surface area (Å²) in [5.74, 6) is 0.807. The molecule has 0 aromatic carbocycles. The van der Waals surface area contributed by atoms with E-state index in [4.69, 9.17) is 4.74 Å². The van der Waals surface area contributed by atoms with Crippen molar-refractivity contribution in [2.75, 3.05) is 6.61 Å². The van der Waals surface area contributed by atoms with Crippen LogP contribution in [-0.2, 0) is 9.62 Å². The Morgan fingerprint density at radius 1 is 1.28 bits per heavy atom. The van der Waals surface area contributed by atoms with Crippen molar-refractivity contribution < 1.29 is 66.3 Å². The van der Waals surface area contributed by atoms with Gasteiger partial charge in [-0.3, -0.25) is 0 Å². The molecule has 0 saturated heterocycles. The van der Waals surface area contributed by atoms with Crippen LogP contribution in [0.1, 0.15) is 20.8 Å². The average Bonchev–Trinajstić information content (AvgIpc) is 2.36. The average molecular weight is 276 g/mol. The summed E-state index contributed by atoms with van der Waals surface area (Å²) in [4.78, 5) is 3.66. The third-order valence-electron chi connectivity index (χ3n) is 1.54. The quantitative estimate of drug-likeness (QED) is 0.217. The second kappa shape index (κ2) is 17.1. The molecule has 0 unspecified atom stereocenters. The van der Waals surface area contributed by atoms with Gasteiger partial charge in [0.1, 0.15) is 11.5 Å². The van der Waals surface area contributed by atoms with Gasteiger partial charge in [0.15, 0.2) is 0 Å². The Morgan fingerprint density at radius 2 is 1.83 bits per heavy atom. The van der Waals surface area contributed by atoms with E-state index in [1.54, 1.807) is 31.2 Å². The second-order valence-corrected chi connectivity index (χ2v) is 2.62. The predicted molar refractivity (Wildman–Crippen MR) is 69.8 cm³/mol. The first-order valence-corrected chi connectivity index (χ1v) is 5.41. The predicted octanol–water partition coefficient (Wildman–Crippen LogP) is 0.0410. The van der Waals surface area contributed by atoms with Gasteiger partial charge in [-0.2, -0.15) is 0 Å². The van der Waals surface area contributed by atoms with Crippen LogP contribution in [0.2, 0.25) is 0 Å². The van der Waals surface area contributed by atoms with E-state index in [0.29, 0.717) is 5.76 Å². The number of ether oxygens (including phenoxy) is 1. The first-order valence-electron chi connectivity index (χ1n) is 5.41. The van der Waals surface area contributed by atoms with Crippen molar-refractivity contribution in [3.63, 3.8) is 0 Å². The van der Waals surface area contributed by atoms with Crippen LogP contribution in [-0.4, -0.2) is 6.61 Å².